The van der Waals surface area contributed by atoms with Crippen molar-refractivity contribution < 1.29 is 0 Å². The van der Waals surface area contributed by atoms with E-state index in [0.717, 1.165) is 24.9 Å². The molecule has 3 heteroatoms. The third-order valence-electron chi connectivity index (χ3n) is 2.39. The molecule has 0 aliphatic rings. The van der Waals surface area contributed by atoms with Crippen molar-refractivity contribution >= 4 is 23.2 Å². The first-order valence-electron chi connectivity index (χ1n) is 5.27. The maximum absolute atomic E-state index is 5.96. The van der Waals surface area contributed by atoms with Gasteiger partial charge < -0.3 is 5.32 Å². The molecule has 0 heterocycles. The van der Waals surface area contributed by atoms with E-state index in [1.165, 1.54) is 0 Å². The summed E-state index contributed by atoms with van der Waals surface area (Å²) in [6.45, 7) is 3.00. The molecular weight excluding hydrogens is 241 g/mol. The third-order valence-corrected chi connectivity index (χ3v) is 3.13. The summed E-state index contributed by atoms with van der Waals surface area (Å²) < 4.78 is 0. The van der Waals surface area contributed by atoms with Gasteiger partial charge in [-0.2, -0.15) is 0 Å². The van der Waals surface area contributed by atoms with Crippen LogP contribution < -0.4 is 5.32 Å². The fourth-order valence-corrected chi connectivity index (χ4v) is 1.72. The maximum atomic E-state index is 5.96. The second kappa shape index (κ2) is 6.81. The zero-order valence-corrected chi connectivity index (χ0v) is 10.8. The van der Waals surface area contributed by atoms with Crippen LogP contribution in [0.5, 0.6) is 0 Å². The Hall–Kier alpha value is -0.680. The fraction of sp³-hybridized carbons (Fsp3) is 0.385. The van der Waals surface area contributed by atoms with E-state index in [-0.39, 0.29) is 6.04 Å². The number of unbranched alkanes of at least 4 members (excludes halogenated alkanes) is 1. The second-order valence-electron chi connectivity index (χ2n) is 3.66. The number of hydrogen-bond acceptors (Lipinski definition) is 1. The Labute approximate surface area is 107 Å². The lowest BCUT2D eigenvalue weighted by Crippen LogP contribution is -2.19. The van der Waals surface area contributed by atoms with Gasteiger partial charge in [-0.25, -0.2) is 0 Å². The molecular formula is C13H15Cl2N. The van der Waals surface area contributed by atoms with Crippen molar-refractivity contribution in [2.75, 3.05) is 6.54 Å². The van der Waals surface area contributed by atoms with E-state index >= 15 is 0 Å². The van der Waals surface area contributed by atoms with Gasteiger partial charge in [-0.15, -0.1) is 12.3 Å². The molecule has 0 aliphatic carbocycles. The molecule has 0 saturated carbocycles. The first-order valence-corrected chi connectivity index (χ1v) is 6.02. The van der Waals surface area contributed by atoms with E-state index in [2.05, 4.69) is 18.2 Å². The smallest absolute Gasteiger partial charge is 0.0595 e. The van der Waals surface area contributed by atoms with Crippen LogP contribution in [-0.2, 0) is 0 Å². The van der Waals surface area contributed by atoms with Crippen LogP contribution in [-0.4, -0.2) is 6.54 Å². The molecule has 0 amide bonds. The number of benzene rings is 1. The molecule has 0 radical (unpaired) electrons. The van der Waals surface area contributed by atoms with Gasteiger partial charge in [-0.1, -0.05) is 29.3 Å². The van der Waals surface area contributed by atoms with Crippen LogP contribution in [0.25, 0.3) is 0 Å². The molecule has 1 rings (SSSR count). The third kappa shape index (κ3) is 4.06. The van der Waals surface area contributed by atoms with Crippen molar-refractivity contribution in [1.82, 2.24) is 5.32 Å². The van der Waals surface area contributed by atoms with Gasteiger partial charge in [0.1, 0.15) is 0 Å². The van der Waals surface area contributed by atoms with E-state index < -0.39 is 0 Å². The van der Waals surface area contributed by atoms with Crippen LogP contribution in [0, 0.1) is 12.3 Å². The predicted octanol–water partition coefficient (Wildman–Crippen LogP) is 4.06. The standard InChI is InChI=1S/C13H15Cl2N/c1-3-4-5-8-16-10(2)11-6-7-12(14)13(15)9-11/h1,6-7,9-10,16H,4-5,8H2,2H3. The van der Waals surface area contributed by atoms with Gasteiger partial charge in [0.2, 0.25) is 0 Å². The van der Waals surface area contributed by atoms with E-state index in [1.54, 1.807) is 0 Å². The summed E-state index contributed by atoms with van der Waals surface area (Å²) >= 11 is 11.8. The van der Waals surface area contributed by atoms with E-state index in [1.807, 2.05) is 18.2 Å². The zero-order chi connectivity index (χ0) is 12.0. The topological polar surface area (TPSA) is 12.0 Å². The number of halogens is 2. The van der Waals surface area contributed by atoms with Gasteiger partial charge in [0.15, 0.2) is 0 Å². The quantitative estimate of drug-likeness (QED) is 0.618. The molecule has 0 fully saturated rings. The molecule has 0 aromatic heterocycles. The van der Waals surface area contributed by atoms with Gasteiger partial charge in [-0.3, -0.25) is 0 Å². The van der Waals surface area contributed by atoms with Crippen molar-refractivity contribution in [3.63, 3.8) is 0 Å². The average Bonchev–Trinajstić information content (AvgIpc) is 2.28. The van der Waals surface area contributed by atoms with Crippen molar-refractivity contribution in [3.05, 3.63) is 33.8 Å². The summed E-state index contributed by atoms with van der Waals surface area (Å²) in [5.74, 6) is 2.62. The number of nitrogens with one attached hydrogen (secondary N) is 1. The maximum Gasteiger partial charge on any atom is 0.0595 e. The van der Waals surface area contributed by atoms with E-state index in [4.69, 9.17) is 29.6 Å². The lowest BCUT2D eigenvalue weighted by Gasteiger charge is -2.14. The monoisotopic (exact) mass is 255 g/mol. The first kappa shape index (κ1) is 13.4. The Bertz CT molecular complexity index is 382. The van der Waals surface area contributed by atoms with E-state index in [0.29, 0.717) is 10.0 Å². The van der Waals surface area contributed by atoms with Crippen molar-refractivity contribution in [1.29, 1.82) is 0 Å². The molecule has 1 N–H and O–H groups in total. The summed E-state index contributed by atoms with van der Waals surface area (Å²) in [7, 11) is 0. The van der Waals surface area contributed by atoms with Crippen molar-refractivity contribution in [3.8, 4) is 12.3 Å². The van der Waals surface area contributed by atoms with Crippen molar-refractivity contribution in [2.45, 2.75) is 25.8 Å². The molecule has 1 atom stereocenters. The highest BCUT2D eigenvalue weighted by atomic mass is 35.5. The highest BCUT2D eigenvalue weighted by molar-refractivity contribution is 6.42. The van der Waals surface area contributed by atoms with Crippen molar-refractivity contribution in [2.24, 2.45) is 0 Å². The minimum Gasteiger partial charge on any atom is -0.310 e. The number of hydrogen-bond donors (Lipinski definition) is 1. The van der Waals surface area contributed by atoms with Gasteiger partial charge in [-0.05, 0) is 37.6 Å². The van der Waals surface area contributed by atoms with Gasteiger partial charge in [0, 0.05) is 12.5 Å². The Balaban J connectivity index is 2.50. The molecule has 1 nitrogen and oxygen atoms in total. The number of rotatable bonds is 5. The Morgan fingerprint density at radius 3 is 2.75 bits per heavy atom. The normalized spacial score (nSPS) is 12.1. The molecule has 1 aromatic rings. The molecule has 0 bridgehead atoms. The predicted molar refractivity (Wildman–Crippen MR) is 70.9 cm³/mol. The van der Waals surface area contributed by atoms with Gasteiger partial charge in [0.05, 0.1) is 10.0 Å². The van der Waals surface area contributed by atoms with Gasteiger partial charge >= 0.3 is 0 Å². The van der Waals surface area contributed by atoms with Crippen LogP contribution in [0.15, 0.2) is 18.2 Å². The Morgan fingerprint density at radius 2 is 2.12 bits per heavy atom. The van der Waals surface area contributed by atoms with Gasteiger partial charge in [0.25, 0.3) is 0 Å². The number of terminal acetylenes is 1. The van der Waals surface area contributed by atoms with Crippen LogP contribution in [0.2, 0.25) is 10.0 Å². The van der Waals surface area contributed by atoms with Crippen LogP contribution in [0.4, 0.5) is 0 Å². The van der Waals surface area contributed by atoms with Crippen LogP contribution in [0.1, 0.15) is 31.4 Å². The minimum absolute atomic E-state index is 0.257. The zero-order valence-electron chi connectivity index (χ0n) is 9.26. The minimum atomic E-state index is 0.257. The molecule has 1 unspecified atom stereocenters. The summed E-state index contributed by atoms with van der Waals surface area (Å²) in [6, 6.07) is 5.95. The molecule has 86 valence electrons. The average molecular weight is 256 g/mol. The largest absolute Gasteiger partial charge is 0.310 e. The molecule has 0 aliphatic heterocycles. The highest BCUT2D eigenvalue weighted by Gasteiger charge is 2.06. The van der Waals surface area contributed by atoms with Crippen LogP contribution in [0.3, 0.4) is 0 Å². The van der Waals surface area contributed by atoms with Crippen LogP contribution >= 0.6 is 23.2 Å². The molecule has 0 saturated heterocycles. The summed E-state index contributed by atoms with van der Waals surface area (Å²) in [5.41, 5.74) is 1.13. The van der Waals surface area contributed by atoms with E-state index in [9.17, 15) is 0 Å². The molecule has 0 spiro atoms. The molecule has 16 heavy (non-hydrogen) atoms. The first-order chi connectivity index (χ1) is 7.65. The highest BCUT2D eigenvalue weighted by Crippen LogP contribution is 2.25. The summed E-state index contributed by atoms with van der Waals surface area (Å²) in [4.78, 5) is 0. The Morgan fingerprint density at radius 1 is 1.38 bits per heavy atom. The second-order valence-corrected chi connectivity index (χ2v) is 4.47. The lowest BCUT2D eigenvalue weighted by atomic mass is 10.1. The SMILES string of the molecule is C#CCCCNC(C)c1ccc(Cl)c(Cl)c1. The fourth-order valence-electron chi connectivity index (χ4n) is 1.41. The molecule has 1 aromatic carbocycles. The Kier molecular flexibility index (Phi) is 5.69. The summed E-state index contributed by atoms with van der Waals surface area (Å²) in [5, 5.41) is 4.56. The summed E-state index contributed by atoms with van der Waals surface area (Å²) in [6.07, 6.45) is 6.98. The lowest BCUT2D eigenvalue weighted by molar-refractivity contribution is 0.563.